The largest absolute Gasteiger partial charge is 0.378 e. The van der Waals surface area contributed by atoms with Crippen molar-refractivity contribution in [2.45, 2.75) is 50.7 Å². The van der Waals surface area contributed by atoms with Crippen LogP contribution in [-0.2, 0) is 9.84 Å². The molecule has 1 aliphatic carbocycles. The maximum atomic E-state index is 11.0. The van der Waals surface area contributed by atoms with E-state index in [0.29, 0.717) is 6.10 Å². The van der Waals surface area contributed by atoms with Crippen LogP contribution in [0.2, 0.25) is 0 Å². The molecule has 0 amide bonds. The fourth-order valence-corrected chi connectivity index (χ4v) is 1.55. The number of hydrogen-bond acceptors (Lipinski definition) is 1. The molecule has 2 heteroatoms. The molecule has 1 rings (SSSR count). The molecule has 0 bridgehead atoms. The monoisotopic (exact) mass is 170 g/mol. The Bertz CT molecular complexity index is 106. The summed E-state index contributed by atoms with van der Waals surface area (Å²) in [6.45, 7) is 4.57. The van der Waals surface area contributed by atoms with Crippen molar-refractivity contribution in [2.24, 2.45) is 0 Å². The van der Waals surface area contributed by atoms with Crippen LogP contribution in [0.25, 0.3) is 0 Å². The quantitative estimate of drug-likeness (QED) is 0.595. The van der Waals surface area contributed by atoms with Crippen LogP contribution >= 0.6 is 0 Å². The lowest BCUT2D eigenvalue weighted by molar-refractivity contribution is -0.0239. The van der Waals surface area contributed by atoms with Crippen LogP contribution in [-0.4, -0.2) is 18.8 Å². The Morgan fingerprint density at radius 1 is 1.25 bits per heavy atom. The first kappa shape index (κ1) is 10.0. The van der Waals surface area contributed by atoms with Crippen molar-refractivity contribution in [3.63, 3.8) is 0 Å². The van der Waals surface area contributed by atoms with Crippen molar-refractivity contribution < 1.29 is 9.84 Å². The number of unbranched alkanes of at least 4 members (excludes halogenated alkanes) is 1. The zero-order chi connectivity index (χ0) is 8.81. The van der Waals surface area contributed by atoms with Gasteiger partial charge in [0.05, 0.1) is 12.2 Å². The van der Waals surface area contributed by atoms with Gasteiger partial charge in [-0.1, -0.05) is 13.3 Å². The third-order valence-corrected chi connectivity index (χ3v) is 2.37. The van der Waals surface area contributed by atoms with Crippen LogP contribution in [0.4, 0.5) is 0 Å². The van der Waals surface area contributed by atoms with Crippen LogP contribution in [0.1, 0.15) is 38.5 Å². The second-order valence-electron chi connectivity index (χ2n) is 3.48. The number of hydrogen-bond donors (Lipinski definition) is 0. The van der Waals surface area contributed by atoms with E-state index in [4.69, 9.17) is 4.74 Å². The van der Waals surface area contributed by atoms with Gasteiger partial charge >= 0.3 is 0 Å². The Balaban J connectivity index is 2.01. The summed E-state index contributed by atoms with van der Waals surface area (Å²) in [5.41, 5.74) is 0. The van der Waals surface area contributed by atoms with Crippen molar-refractivity contribution in [3.8, 4) is 0 Å². The Morgan fingerprint density at radius 2 is 1.92 bits per heavy atom. The van der Waals surface area contributed by atoms with E-state index in [2.05, 4.69) is 6.92 Å². The van der Waals surface area contributed by atoms with Gasteiger partial charge in [0.2, 0.25) is 0 Å². The van der Waals surface area contributed by atoms with Crippen LogP contribution in [0.5, 0.6) is 0 Å². The summed E-state index contributed by atoms with van der Waals surface area (Å²) < 4.78 is 5.59. The molecule has 0 unspecified atom stereocenters. The zero-order valence-electron chi connectivity index (χ0n) is 7.63. The van der Waals surface area contributed by atoms with Crippen LogP contribution in [0.3, 0.4) is 0 Å². The van der Waals surface area contributed by atoms with E-state index in [0.717, 1.165) is 45.1 Å². The third-order valence-electron chi connectivity index (χ3n) is 2.37. The summed E-state index contributed by atoms with van der Waals surface area (Å²) in [4.78, 5) is 0. The molecule has 1 aliphatic rings. The lowest BCUT2D eigenvalue weighted by Gasteiger charge is -2.24. The summed E-state index contributed by atoms with van der Waals surface area (Å²) in [5, 5.41) is 11.0. The van der Waals surface area contributed by atoms with Crippen molar-refractivity contribution in [1.29, 1.82) is 0 Å². The number of ether oxygens (including phenoxy) is 1. The molecule has 0 atom stereocenters. The van der Waals surface area contributed by atoms with Gasteiger partial charge in [0.15, 0.2) is 0 Å². The Kier molecular flexibility index (Phi) is 4.62. The first-order valence-electron chi connectivity index (χ1n) is 4.89. The topological polar surface area (TPSA) is 29.1 Å². The minimum Gasteiger partial charge on any atom is -0.378 e. The van der Waals surface area contributed by atoms with Gasteiger partial charge in [0, 0.05) is 6.61 Å². The average Bonchev–Trinajstić information content (AvgIpc) is 2.09. The predicted octanol–water partition coefficient (Wildman–Crippen LogP) is 2.36. The molecule has 1 saturated carbocycles. The maximum Gasteiger partial charge on any atom is 0.0932 e. The van der Waals surface area contributed by atoms with Gasteiger partial charge in [0.1, 0.15) is 0 Å². The molecule has 0 aromatic heterocycles. The second kappa shape index (κ2) is 5.55. The van der Waals surface area contributed by atoms with Crippen LogP contribution < -0.4 is 0 Å². The molecule has 2 nitrogen and oxygen atoms in total. The smallest absolute Gasteiger partial charge is 0.0932 e. The Labute approximate surface area is 74.9 Å². The van der Waals surface area contributed by atoms with Gasteiger partial charge in [0.25, 0.3) is 0 Å². The molecule has 0 aromatic rings. The SMILES string of the molecule is [CH2]CCCOC1CCC([O])CC1. The molecule has 0 aromatic carbocycles. The Morgan fingerprint density at radius 3 is 2.50 bits per heavy atom. The first-order valence-corrected chi connectivity index (χ1v) is 4.89. The van der Waals surface area contributed by atoms with E-state index < -0.39 is 0 Å². The third kappa shape index (κ3) is 3.55. The van der Waals surface area contributed by atoms with Crippen molar-refractivity contribution in [2.75, 3.05) is 6.61 Å². The molecule has 0 N–H and O–H groups in total. The van der Waals surface area contributed by atoms with E-state index in [9.17, 15) is 5.11 Å². The molecule has 0 aliphatic heterocycles. The molecular weight excluding hydrogens is 152 g/mol. The van der Waals surface area contributed by atoms with E-state index >= 15 is 0 Å². The van der Waals surface area contributed by atoms with Gasteiger partial charge in [-0.15, -0.1) is 0 Å². The van der Waals surface area contributed by atoms with Crippen LogP contribution in [0, 0.1) is 6.92 Å². The van der Waals surface area contributed by atoms with Crippen molar-refractivity contribution in [1.82, 2.24) is 0 Å². The first-order chi connectivity index (χ1) is 5.83. The minimum atomic E-state index is -0.322. The van der Waals surface area contributed by atoms with E-state index in [-0.39, 0.29) is 6.10 Å². The lowest BCUT2D eigenvalue weighted by atomic mass is 9.95. The molecule has 2 radical (unpaired) electrons. The molecule has 1 fully saturated rings. The molecule has 0 heterocycles. The second-order valence-corrected chi connectivity index (χ2v) is 3.48. The maximum absolute atomic E-state index is 11.0. The highest BCUT2D eigenvalue weighted by atomic mass is 16.5. The fourth-order valence-electron chi connectivity index (χ4n) is 1.55. The summed E-state index contributed by atoms with van der Waals surface area (Å²) in [6.07, 6.45) is 5.55. The summed E-state index contributed by atoms with van der Waals surface area (Å²) in [7, 11) is 0. The zero-order valence-corrected chi connectivity index (χ0v) is 7.63. The van der Waals surface area contributed by atoms with Gasteiger partial charge in [-0.2, -0.15) is 0 Å². The van der Waals surface area contributed by atoms with E-state index in [1.165, 1.54) is 0 Å². The standard InChI is InChI=1S/C10H18O2/c1-2-3-8-12-10-6-4-9(11)5-7-10/h9-10H,1-8H2. The molecule has 0 saturated heterocycles. The summed E-state index contributed by atoms with van der Waals surface area (Å²) >= 11 is 0. The van der Waals surface area contributed by atoms with Crippen molar-refractivity contribution in [3.05, 3.63) is 6.92 Å². The lowest BCUT2D eigenvalue weighted by Crippen LogP contribution is -2.23. The molecule has 12 heavy (non-hydrogen) atoms. The highest BCUT2D eigenvalue weighted by Crippen LogP contribution is 2.21. The van der Waals surface area contributed by atoms with Gasteiger partial charge in [-0.05, 0) is 32.1 Å². The van der Waals surface area contributed by atoms with Crippen LogP contribution in [0.15, 0.2) is 0 Å². The summed E-state index contributed by atoms with van der Waals surface area (Å²) in [6, 6.07) is 0. The van der Waals surface area contributed by atoms with E-state index in [1.807, 2.05) is 0 Å². The fraction of sp³-hybridized carbons (Fsp3) is 0.900. The highest BCUT2D eigenvalue weighted by Gasteiger charge is 2.20. The predicted molar refractivity (Wildman–Crippen MR) is 47.3 cm³/mol. The molecule has 0 spiro atoms. The molecule has 70 valence electrons. The number of rotatable bonds is 4. The summed E-state index contributed by atoms with van der Waals surface area (Å²) in [5.74, 6) is 0. The average molecular weight is 170 g/mol. The van der Waals surface area contributed by atoms with Crippen molar-refractivity contribution >= 4 is 0 Å². The van der Waals surface area contributed by atoms with Gasteiger partial charge in [-0.25, -0.2) is 5.11 Å². The van der Waals surface area contributed by atoms with E-state index in [1.54, 1.807) is 0 Å². The van der Waals surface area contributed by atoms with Gasteiger partial charge in [-0.3, -0.25) is 0 Å². The Hall–Kier alpha value is -0.0800. The highest BCUT2D eigenvalue weighted by molar-refractivity contribution is 4.71. The molecular formula is C10H18O2. The normalized spacial score (nSPS) is 30.5. The minimum absolute atomic E-state index is 0.322. The van der Waals surface area contributed by atoms with Gasteiger partial charge < -0.3 is 4.74 Å².